The number of hydrogen-bond donors (Lipinski definition) is 2. The Kier molecular flexibility index (Phi) is 4.72. The second kappa shape index (κ2) is 5.86. The third-order valence-corrected chi connectivity index (χ3v) is 3.00. The van der Waals surface area contributed by atoms with E-state index in [-0.39, 0.29) is 25.0 Å². The van der Waals surface area contributed by atoms with Gasteiger partial charge < -0.3 is 20.0 Å². The van der Waals surface area contributed by atoms with Crippen LogP contribution in [0.1, 0.15) is 20.3 Å². The lowest BCUT2D eigenvalue weighted by Gasteiger charge is -2.32. The van der Waals surface area contributed by atoms with Gasteiger partial charge in [-0.15, -0.1) is 6.58 Å². The van der Waals surface area contributed by atoms with Crippen molar-refractivity contribution >= 4 is 12.0 Å². The first-order valence-electron chi connectivity index (χ1n) is 5.97. The summed E-state index contributed by atoms with van der Waals surface area (Å²) in [5.74, 6) is -1.08. The van der Waals surface area contributed by atoms with Gasteiger partial charge in [-0.3, -0.25) is 0 Å². The minimum Gasteiger partial charge on any atom is -0.480 e. The highest BCUT2D eigenvalue weighted by Gasteiger charge is 2.40. The fourth-order valence-electron chi connectivity index (χ4n) is 2.07. The van der Waals surface area contributed by atoms with Gasteiger partial charge in [-0.05, 0) is 13.8 Å². The Morgan fingerprint density at radius 3 is 2.61 bits per heavy atom. The van der Waals surface area contributed by atoms with Crippen LogP contribution in [0.5, 0.6) is 0 Å². The largest absolute Gasteiger partial charge is 0.480 e. The first-order valence-corrected chi connectivity index (χ1v) is 5.97. The molecule has 6 nitrogen and oxygen atoms in total. The summed E-state index contributed by atoms with van der Waals surface area (Å²) in [5, 5.41) is 18.6. The predicted molar refractivity (Wildman–Crippen MR) is 66.2 cm³/mol. The molecule has 0 aromatic carbocycles. The average molecular weight is 256 g/mol. The molecule has 1 saturated heterocycles. The monoisotopic (exact) mass is 256 g/mol. The molecule has 0 unspecified atom stereocenters. The van der Waals surface area contributed by atoms with E-state index in [0.29, 0.717) is 6.54 Å². The summed E-state index contributed by atoms with van der Waals surface area (Å²) >= 11 is 0. The van der Waals surface area contributed by atoms with Gasteiger partial charge in [0, 0.05) is 25.6 Å². The number of carboxylic acids is 1. The molecule has 0 spiro atoms. The van der Waals surface area contributed by atoms with Crippen molar-refractivity contribution in [2.45, 2.75) is 38.5 Å². The van der Waals surface area contributed by atoms with Gasteiger partial charge in [0.2, 0.25) is 0 Å². The number of β-amino-alcohol motifs (C(OH)–C–C–N with tert-alkyl or cyclic N) is 1. The van der Waals surface area contributed by atoms with Crippen molar-refractivity contribution < 1.29 is 19.8 Å². The number of hydrogen-bond acceptors (Lipinski definition) is 3. The number of aliphatic hydroxyl groups is 1. The van der Waals surface area contributed by atoms with Gasteiger partial charge in [0.15, 0.2) is 0 Å². The molecule has 1 rings (SSSR count). The van der Waals surface area contributed by atoms with Gasteiger partial charge in [0.25, 0.3) is 0 Å². The summed E-state index contributed by atoms with van der Waals surface area (Å²) in [6, 6.07) is -1.37. The number of amides is 2. The number of rotatable bonds is 4. The van der Waals surface area contributed by atoms with Crippen LogP contribution >= 0.6 is 0 Å². The van der Waals surface area contributed by atoms with E-state index < -0.39 is 18.1 Å². The molecule has 1 aliphatic heterocycles. The normalized spacial score (nSPS) is 23.2. The Labute approximate surface area is 106 Å². The molecule has 6 heteroatoms. The van der Waals surface area contributed by atoms with Crippen LogP contribution in [-0.2, 0) is 4.79 Å². The molecule has 0 aromatic rings. The van der Waals surface area contributed by atoms with Gasteiger partial charge >= 0.3 is 12.0 Å². The lowest BCUT2D eigenvalue weighted by Crippen LogP contribution is -2.50. The standard InChI is InChI=1S/C12H20N2O4/c1-4-5-13(8(2)3)12(18)14-7-9(15)6-10(14)11(16)17/h4,8-10,15H,1,5-7H2,2-3H3,(H,16,17)/t9-,10-/m0/s1. The van der Waals surface area contributed by atoms with E-state index in [1.54, 1.807) is 6.08 Å². The van der Waals surface area contributed by atoms with Crippen molar-refractivity contribution in [3.05, 3.63) is 12.7 Å². The number of aliphatic hydroxyl groups excluding tert-OH is 1. The Bertz CT molecular complexity index is 343. The molecule has 2 atom stereocenters. The molecule has 0 radical (unpaired) electrons. The predicted octanol–water partition coefficient (Wildman–Crippen LogP) is 0.523. The Balaban J connectivity index is 2.86. The molecule has 1 fully saturated rings. The number of carboxylic acid groups (broad SMARTS) is 1. The maximum absolute atomic E-state index is 12.3. The van der Waals surface area contributed by atoms with E-state index in [2.05, 4.69) is 6.58 Å². The van der Waals surface area contributed by atoms with Gasteiger partial charge in [-0.1, -0.05) is 6.08 Å². The zero-order chi connectivity index (χ0) is 13.9. The summed E-state index contributed by atoms with van der Waals surface area (Å²) in [6.45, 7) is 7.71. The number of carbonyl (C=O) groups excluding carboxylic acids is 1. The summed E-state index contributed by atoms with van der Waals surface area (Å²) in [4.78, 5) is 26.1. The lowest BCUT2D eigenvalue weighted by molar-refractivity contribution is -0.141. The van der Waals surface area contributed by atoms with Crippen molar-refractivity contribution in [2.24, 2.45) is 0 Å². The first-order chi connectivity index (χ1) is 8.38. The zero-order valence-electron chi connectivity index (χ0n) is 10.7. The van der Waals surface area contributed by atoms with Crippen LogP contribution in [0, 0.1) is 0 Å². The number of urea groups is 1. The van der Waals surface area contributed by atoms with Crippen LogP contribution in [0.4, 0.5) is 4.79 Å². The van der Waals surface area contributed by atoms with Crippen LogP contribution in [0.3, 0.4) is 0 Å². The summed E-state index contributed by atoms with van der Waals surface area (Å²) in [5.41, 5.74) is 0. The summed E-state index contributed by atoms with van der Waals surface area (Å²) in [6.07, 6.45) is 0.911. The third kappa shape index (κ3) is 3.01. The van der Waals surface area contributed by atoms with Crippen LogP contribution in [0.25, 0.3) is 0 Å². The number of likely N-dealkylation sites (tertiary alicyclic amines) is 1. The summed E-state index contributed by atoms with van der Waals surface area (Å²) < 4.78 is 0. The van der Waals surface area contributed by atoms with Gasteiger partial charge in [-0.2, -0.15) is 0 Å². The maximum Gasteiger partial charge on any atom is 0.326 e. The Morgan fingerprint density at radius 2 is 2.17 bits per heavy atom. The van der Waals surface area contributed by atoms with Crippen molar-refractivity contribution in [3.8, 4) is 0 Å². The molecule has 0 aromatic heterocycles. The first kappa shape index (κ1) is 14.5. The average Bonchev–Trinajstić information content (AvgIpc) is 2.67. The SMILES string of the molecule is C=CCN(C(=O)N1C[C@@H](O)C[C@H]1C(=O)O)C(C)C. The highest BCUT2D eigenvalue weighted by atomic mass is 16.4. The molecule has 2 N–H and O–H groups in total. The second-order valence-corrected chi connectivity index (χ2v) is 4.71. The molecule has 1 heterocycles. The summed E-state index contributed by atoms with van der Waals surface area (Å²) in [7, 11) is 0. The third-order valence-electron chi connectivity index (χ3n) is 3.00. The van der Waals surface area contributed by atoms with Gasteiger partial charge in [-0.25, -0.2) is 9.59 Å². The lowest BCUT2D eigenvalue weighted by atomic mass is 10.2. The van der Waals surface area contributed by atoms with Gasteiger partial charge in [0.05, 0.1) is 6.10 Å². The Morgan fingerprint density at radius 1 is 1.56 bits per heavy atom. The van der Waals surface area contributed by atoms with E-state index in [1.165, 1.54) is 9.80 Å². The van der Waals surface area contributed by atoms with Crippen LogP contribution in [-0.4, -0.2) is 63.3 Å². The molecule has 1 aliphatic rings. The van der Waals surface area contributed by atoms with Crippen LogP contribution in [0.15, 0.2) is 12.7 Å². The highest BCUT2D eigenvalue weighted by Crippen LogP contribution is 2.20. The van der Waals surface area contributed by atoms with Gasteiger partial charge in [0.1, 0.15) is 6.04 Å². The van der Waals surface area contributed by atoms with E-state index in [9.17, 15) is 14.7 Å². The topological polar surface area (TPSA) is 81.1 Å². The molecule has 102 valence electrons. The minimum atomic E-state index is -1.08. The van der Waals surface area contributed by atoms with E-state index >= 15 is 0 Å². The van der Waals surface area contributed by atoms with E-state index in [0.717, 1.165) is 0 Å². The molecule has 0 aliphatic carbocycles. The van der Waals surface area contributed by atoms with Crippen molar-refractivity contribution in [1.29, 1.82) is 0 Å². The molecule has 2 amide bonds. The zero-order valence-corrected chi connectivity index (χ0v) is 10.7. The highest BCUT2D eigenvalue weighted by molar-refractivity contribution is 5.83. The quantitative estimate of drug-likeness (QED) is 0.719. The smallest absolute Gasteiger partial charge is 0.326 e. The van der Waals surface area contributed by atoms with Crippen molar-refractivity contribution in [3.63, 3.8) is 0 Å². The number of carbonyl (C=O) groups is 2. The van der Waals surface area contributed by atoms with E-state index in [1.807, 2.05) is 13.8 Å². The molecule has 0 saturated carbocycles. The molecular weight excluding hydrogens is 236 g/mol. The van der Waals surface area contributed by atoms with Crippen LogP contribution in [0.2, 0.25) is 0 Å². The maximum atomic E-state index is 12.3. The second-order valence-electron chi connectivity index (χ2n) is 4.71. The Hall–Kier alpha value is -1.56. The number of aliphatic carboxylic acids is 1. The molecule has 0 bridgehead atoms. The molecule has 18 heavy (non-hydrogen) atoms. The number of nitrogens with zero attached hydrogens (tertiary/aromatic N) is 2. The van der Waals surface area contributed by atoms with Crippen molar-refractivity contribution in [1.82, 2.24) is 9.80 Å². The minimum absolute atomic E-state index is 0.0531. The van der Waals surface area contributed by atoms with E-state index in [4.69, 9.17) is 5.11 Å². The molecular formula is C12H20N2O4. The fraction of sp³-hybridized carbons (Fsp3) is 0.667. The van der Waals surface area contributed by atoms with Crippen molar-refractivity contribution in [2.75, 3.05) is 13.1 Å². The fourth-order valence-corrected chi connectivity index (χ4v) is 2.07. The van der Waals surface area contributed by atoms with Crippen LogP contribution < -0.4 is 0 Å².